The van der Waals surface area contributed by atoms with Gasteiger partial charge < -0.3 is 4.57 Å². The third-order valence-corrected chi connectivity index (χ3v) is 12.2. The van der Waals surface area contributed by atoms with Crippen LogP contribution < -0.4 is 0 Å². The SMILES string of the molecule is c1ccc(-c2ccc(-c3cc(-c4ccc5c(c4)c4ccccc4n5-c4ccccc4)nc(-c4ccc(-c5c6ccccc6cc6c5ccc5ccccc56)cc4)n3)cc2)cc1. The van der Waals surface area contributed by atoms with Gasteiger partial charge in [-0.1, -0.05) is 182 Å². The normalized spacial score (nSPS) is 11.6. The third kappa shape index (κ3) is 5.98. The first-order chi connectivity index (χ1) is 30.2. The van der Waals surface area contributed by atoms with Crippen molar-refractivity contribution in [1.29, 1.82) is 0 Å². The maximum Gasteiger partial charge on any atom is 0.160 e. The van der Waals surface area contributed by atoms with Crippen molar-refractivity contribution in [3.05, 3.63) is 224 Å². The molecule has 0 aliphatic rings. The molecule has 3 heteroatoms. The first-order valence-electron chi connectivity index (χ1n) is 20.8. The summed E-state index contributed by atoms with van der Waals surface area (Å²) in [7, 11) is 0. The molecule has 0 atom stereocenters. The Morgan fingerprint density at radius 3 is 1.62 bits per heavy atom. The average molecular weight is 776 g/mol. The molecule has 0 aliphatic carbocycles. The molecule has 2 heterocycles. The molecular weight excluding hydrogens is 739 g/mol. The minimum atomic E-state index is 0.687. The number of aromatic nitrogens is 3. The Kier molecular flexibility index (Phi) is 8.17. The molecule has 284 valence electrons. The summed E-state index contributed by atoms with van der Waals surface area (Å²) in [6, 6.07) is 80.4. The molecule has 12 aromatic rings. The van der Waals surface area contributed by atoms with E-state index in [0.717, 1.165) is 44.8 Å². The topological polar surface area (TPSA) is 30.7 Å². The van der Waals surface area contributed by atoms with Gasteiger partial charge in [0.2, 0.25) is 0 Å². The standard InChI is InChI=1S/C58H37N3/c1-3-13-38(14-4-1)39-23-25-41(26-24-39)53-37-54(45-32-34-56-52(36-45)49-21-11-12-22-55(49)61(56)46-17-5-2-6-18-46)60-58(59-53)43-29-27-42(28-30-43)57-48-20-10-8-16-44(48)35-51-47-19-9-7-15-40(47)31-33-50(51)57/h1-37H. The summed E-state index contributed by atoms with van der Waals surface area (Å²) in [4.78, 5) is 10.6. The average Bonchev–Trinajstić information content (AvgIpc) is 3.67. The molecule has 3 nitrogen and oxygen atoms in total. The Morgan fingerprint density at radius 2 is 0.836 bits per heavy atom. The van der Waals surface area contributed by atoms with Gasteiger partial charge >= 0.3 is 0 Å². The zero-order valence-electron chi connectivity index (χ0n) is 33.2. The first-order valence-corrected chi connectivity index (χ1v) is 20.8. The Balaban J connectivity index is 1.02. The molecule has 0 N–H and O–H groups in total. The van der Waals surface area contributed by atoms with Gasteiger partial charge in [0.15, 0.2) is 5.82 Å². The summed E-state index contributed by atoms with van der Waals surface area (Å²) >= 11 is 0. The molecule has 12 rings (SSSR count). The zero-order valence-corrected chi connectivity index (χ0v) is 33.2. The maximum atomic E-state index is 5.33. The molecule has 0 amide bonds. The van der Waals surface area contributed by atoms with Crippen molar-refractivity contribution in [2.24, 2.45) is 0 Å². The predicted molar refractivity (Wildman–Crippen MR) is 256 cm³/mol. The summed E-state index contributed by atoms with van der Waals surface area (Å²) in [5.41, 5.74) is 13.0. The minimum Gasteiger partial charge on any atom is -0.309 e. The Bertz CT molecular complexity index is 3610. The van der Waals surface area contributed by atoms with Crippen LogP contribution in [0.2, 0.25) is 0 Å². The van der Waals surface area contributed by atoms with E-state index in [1.807, 2.05) is 0 Å². The Morgan fingerprint density at radius 1 is 0.279 bits per heavy atom. The van der Waals surface area contributed by atoms with E-state index in [9.17, 15) is 0 Å². The van der Waals surface area contributed by atoms with E-state index < -0.39 is 0 Å². The van der Waals surface area contributed by atoms with E-state index in [1.165, 1.54) is 65.3 Å². The molecule has 0 saturated heterocycles. The quantitative estimate of drug-likeness (QED) is 0.124. The van der Waals surface area contributed by atoms with Crippen molar-refractivity contribution in [3.63, 3.8) is 0 Å². The lowest BCUT2D eigenvalue weighted by Gasteiger charge is -2.15. The van der Waals surface area contributed by atoms with Crippen molar-refractivity contribution >= 4 is 54.1 Å². The highest BCUT2D eigenvalue weighted by molar-refractivity contribution is 6.20. The molecule has 2 aromatic heterocycles. The second-order valence-electron chi connectivity index (χ2n) is 15.8. The molecule has 10 aromatic carbocycles. The minimum absolute atomic E-state index is 0.687. The molecule has 0 spiro atoms. The third-order valence-electron chi connectivity index (χ3n) is 12.2. The highest BCUT2D eigenvalue weighted by atomic mass is 15.0. The molecular formula is C58H37N3. The fraction of sp³-hybridized carbons (Fsp3) is 0. The zero-order chi connectivity index (χ0) is 40.3. The summed E-state index contributed by atoms with van der Waals surface area (Å²) in [5, 5.41) is 9.88. The first kappa shape index (κ1) is 34.9. The highest BCUT2D eigenvalue weighted by Crippen LogP contribution is 2.41. The fourth-order valence-corrected chi connectivity index (χ4v) is 9.24. The fourth-order valence-electron chi connectivity index (χ4n) is 9.24. The number of rotatable bonds is 6. The Labute approximate surface area is 353 Å². The predicted octanol–water partition coefficient (Wildman–Crippen LogP) is 15.4. The van der Waals surface area contributed by atoms with Crippen molar-refractivity contribution in [3.8, 4) is 61.8 Å². The largest absolute Gasteiger partial charge is 0.309 e. The van der Waals surface area contributed by atoms with Crippen LogP contribution in [0, 0.1) is 0 Å². The van der Waals surface area contributed by atoms with Crippen molar-refractivity contribution in [1.82, 2.24) is 14.5 Å². The summed E-state index contributed by atoms with van der Waals surface area (Å²) in [6.45, 7) is 0. The number of benzene rings is 10. The van der Waals surface area contributed by atoms with Gasteiger partial charge in [-0.05, 0) is 97.0 Å². The van der Waals surface area contributed by atoms with E-state index in [-0.39, 0.29) is 0 Å². The van der Waals surface area contributed by atoms with Gasteiger partial charge in [-0.15, -0.1) is 0 Å². The van der Waals surface area contributed by atoms with Crippen molar-refractivity contribution in [2.45, 2.75) is 0 Å². The van der Waals surface area contributed by atoms with E-state index in [0.29, 0.717) is 5.82 Å². The van der Waals surface area contributed by atoms with Gasteiger partial charge in [-0.25, -0.2) is 9.97 Å². The second kappa shape index (κ2) is 14.3. The van der Waals surface area contributed by atoms with Gasteiger partial charge in [0.1, 0.15) is 0 Å². The molecule has 0 unspecified atom stereocenters. The van der Waals surface area contributed by atoms with Gasteiger partial charge in [-0.2, -0.15) is 0 Å². The van der Waals surface area contributed by atoms with Gasteiger partial charge in [0.05, 0.1) is 22.4 Å². The maximum absolute atomic E-state index is 5.33. The Hall–Kier alpha value is -8.14. The smallest absolute Gasteiger partial charge is 0.160 e. The molecule has 0 fully saturated rings. The van der Waals surface area contributed by atoms with Crippen LogP contribution in [-0.2, 0) is 0 Å². The van der Waals surface area contributed by atoms with Crippen LogP contribution in [0.3, 0.4) is 0 Å². The van der Waals surface area contributed by atoms with Crippen LogP contribution in [0.15, 0.2) is 224 Å². The molecule has 0 aliphatic heterocycles. The van der Waals surface area contributed by atoms with Gasteiger partial charge in [0, 0.05) is 33.2 Å². The number of para-hydroxylation sites is 2. The van der Waals surface area contributed by atoms with Gasteiger partial charge in [0.25, 0.3) is 0 Å². The van der Waals surface area contributed by atoms with Crippen LogP contribution in [0.4, 0.5) is 0 Å². The lowest BCUT2D eigenvalue weighted by Crippen LogP contribution is -1.96. The monoisotopic (exact) mass is 775 g/mol. The van der Waals surface area contributed by atoms with E-state index in [1.54, 1.807) is 0 Å². The van der Waals surface area contributed by atoms with Crippen LogP contribution in [0.1, 0.15) is 0 Å². The lowest BCUT2D eigenvalue weighted by atomic mass is 9.89. The van der Waals surface area contributed by atoms with Crippen molar-refractivity contribution in [2.75, 3.05) is 0 Å². The lowest BCUT2D eigenvalue weighted by molar-refractivity contribution is 1.18. The molecule has 0 saturated carbocycles. The number of hydrogen-bond donors (Lipinski definition) is 0. The molecule has 0 radical (unpaired) electrons. The summed E-state index contributed by atoms with van der Waals surface area (Å²) in [5.74, 6) is 0.687. The highest BCUT2D eigenvalue weighted by Gasteiger charge is 2.17. The molecule has 61 heavy (non-hydrogen) atoms. The van der Waals surface area contributed by atoms with Crippen LogP contribution >= 0.6 is 0 Å². The second-order valence-corrected chi connectivity index (χ2v) is 15.8. The van der Waals surface area contributed by atoms with Gasteiger partial charge in [-0.3, -0.25) is 0 Å². The summed E-state index contributed by atoms with van der Waals surface area (Å²) in [6.07, 6.45) is 0. The van der Waals surface area contributed by atoms with E-state index >= 15 is 0 Å². The van der Waals surface area contributed by atoms with E-state index in [4.69, 9.17) is 9.97 Å². The number of nitrogens with zero attached hydrogens (tertiary/aromatic N) is 3. The van der Waals surface area contributed by atoms with Crippen LogP contribution in [0.5, 0.6) is 0 Å². The number of fused-ring (bicyclic) bond motifs is 7. The summed E-state index contributed by atoms with van der Waals surface area (Å²) < 4.78 is 2.35. The van der Waals surface area contributed by atoms with E-state index in [2.05, 4.69) is 229 Å². The van der Waals surface area contributed by atoms with Crippen molar-refractivity contribution < 1.29 is 0 Å². The number of hydrogen-bond acceptors (Lipinski definition) is 2. The van der Waals surface area contributed by atoms with Crippen LogP contribution in [0.25, 0.3) is 116 Å². The van der Waals surface area contributed by atoms with Crippen LogP contribution in [-0.4, -0.2) is 14.5 Å². The molecule has 0 bridgehead atoms.